The van der Waals surface area contributed by atoms with Gasteiger partial charge in [-0.1, -0.05) is 36.7 Å². The van der Waals surface area contributed by atoms with Crippen molar-refractivity contribution in [2.24, 2.45) is 0 Å². The zero-order valence-corrected chi connectivity index (χ0v) is 20.0. The molecule has 2 aromatic rings. The second-order valence-corrected chi connectivity index (χ2v) is 8.14. The summed E-state index contributed by atoms with van der Waals surface area (Å²) >= 11 is 6.31. The van der Waals surface area contributed by atoms with Crippen molar-refractivity contribution in [3.05, 3.63) is 59.1 Å². The predicted molar refractivity (Wildman–Crippen MR) is 127 cm³/mol. The summed E-state index contributed by atoms with van der Waals surface area (Å²) in [5.41, 5.74) is 0.806. The van der Waals surface area contributed by atoms with Gasteiger partial charge < -0.3 is 19.7 Å². The van der Waals surface area contributed by atoms with E-state index in [-0.39, 0.29) is 30.8 Å². The predicted octanol–water partition coefficient (Wildman–Crippen LogP) is 4.84. The minimum atomic E-state index is -0.615. The van der Waals surface area contributed by atoms with E-state index in [2.05, 4.69) is 5.32 Å². The lowest BCUT2D eigenvalue weighted by Gasteiger charge is -2.30. The average Bonchev–Trinajstić information content (AvgIpc) is 2.80. The van der Waals surface area contributed by atoms with E-state index < -0.39 is 6.04 Å². The Bertz CT molecular complexity index is 873. The second-order valence-electron chi connectivity index (χ2n) is 7.73. The highest BCUT2D eigenvalue weighted by Gasteiger charge is 2.27. The van der Waals surface area contributed by atoms with Gasteiger partial charge in [0.15, 0.2) is 0 Å². The summed E-state index contributed by atoms with van der Waals surface area (Å²) in [7, 11) is 1.61. The van der Waals surface area contributed by atoms with Crippen molar-refractivity contribution >= 4 is 23.4 Å². The molecule has 0 saturated carbocycles. The maximum atomic E-state index is 13.1. The first kappa shape index (κ1) is 25.5. The summed E-state index contributed by atoms with van der Waals surface area (Å²) in [5.74, 6) is 1.18. The minimum Gasteiger partial charge on any atom is -0.497 e. The van der Waals surface area contributed by atoms with Gasteiger partial charge in [-0.3, -0.25) is 9.59 Å². The number of rotatable bonds is 12. The lowest BCUT2D eigenvalue weighted by atomic mass is 10.1. The third kappa shape index (κ3) is 7.75. The van der Waals surface area contributed by atoms with Crippen molar-refractivity contribution < 1.29 is 19.1 Å². The molecule has 0 bridgehead atoms. The van der Waals surface area contributed by atoms with E-state index in [0.717, 1.165) is 17.7 Å². The van der Waals surface area contributed by atoms with E-state index in [1.165, 1.54) is 0 Å². The number of carbonyl (C=O) groups is 2. The van der Waals surface area contributed by atoms with Crippen LogP contribution in [0.4, 0.5) is 0 Å². The lowest BCUT2D eigenvalue weighted by molar-refractivity contribution is -0.141. The van der Waals surface area contributed by atoms with Gasteiger partial charge in [-0.05, 0) is 62.6 Å². The van der Waals surface area contributed by atoms with Crippen LogP contribution in [0, 0.1) is 0 Å². The molecule has 174 valence electrons. The fraction of sp³-hybridized carbons (Fsp3) is 0.440. The zero-order valence-electron chi connectivity index (χ0n) is 19.3. The van der Waals surface area contributed by atoms with Crippen molar-refractivity contribution in [2.45, 2.75) is 58.7 Å². The van der Waals surface area contributed by atoms with Crippen LogP contribution in [0.3, 0.4) is 0 Å². The van der Waals surface area contributed by atoms with Gasteiger partial charge in [-0.25, -0.2) is 0 Å². The van der Waals surface area contributed by atoms with E-state index in [9.17, 15) is 9.59 Å². The first-order chi connectivity index (χ1) is 15.3. The fourth-order valence-corrected chi connectivity index (χ4v) is 3.28. The summed E-state index contributed by atoms with van der Waals surface area (Å²) in [6.45, 7) is 6.37. The summed E-state index contributed by atoms with van der Waals surface area (Å²) in [4.78, 5) is 27.4. The summed E-state index contributed by atoms with van der Waals surface area (Å²) < 4.78 is 10.9. The largest absolute Gasteiger partial charge is 0.497 e. The van der Waals surface area contributed by atoms with E-state index >= 15 is 0 Å². The first-order valence-electron chi connectivity index (χ1n) is 11.0. The topological polar surface area (TPSA) is 67.9 Å². The molecule has 7 heteroatoms. The molecule has 0 saturated heterocycles. The highest BCUT2D eigenvalue weighted by Crippen LogP contribution is 2.20. The molecule has 0 aliphatic heterocycles. The Morgan fingerprint density at radius 2 is 1.72 bits per heavy atom. The SMILES string of the molecule is CCC(C)NC(=O)C(C)N(Cc1ccccc1Cl)C(=O)CCCOc1ccc(OC)cc1. The number of hydrogen-bond acceptors (Lipinski definition) is 4. The van der Waals surface area contributed by atoms with Crippen LogP contribution in [0.2, 0.25) is 5.02 Å². The number of hydrogen-bond donors (Lipinski definition) is 1. The Kier molecular flexibility index (Phi) is 10.3. The van der Waals surface area contributed by atoms with Crippen LogP contribution < -0.4 is 14.8 Å². The molecule has 0 aromatic heterocycles. The Morgan fingerprint density at radius 1 is 1.06 bits per heavy atom. The molecule has 6 nitrogen and oxygen atoms in total. The average molecular weight is 461 g/mol. The molecule has 0 aliphatic carbocycles. The van der Waals surface area contributed by atoms with Crippen molar-refractivity contribution in [3.8, 4) is 11.5 Å². The van der Waals surface area contributed by atoms with Crippen LogP contribution in [0.5, 0.6) is 11.5 Å². The van der Waals surface area contributed by atoms with Crippen molar-refractivity contribution in [2.75, 3.05) is 13.7 Å². The van der Waals surface area contributed by atoms with E-state index in [0.29, 0.717) is 23.8 Å². The van der Waals surface area contributed by atoms with Gasteiger partial charge in [0.25, 0.3) is 0 Å². The number of methoxy groups -OCH3 is 1. The Balaban J connectivity index is 2.00. The molecular weight excluding hydrogens is 428 g/mol. The fourth-order valence-electron chi connectivity index (χ4n) is 3.09. The molecule has 0 fully saturated rings. The van der Waals surface area contributed by atoms with E-state index in [1.54, 1.807) is 25.0 Å². The smallest absolute Gasteiger partial charge is 0.242 e. The Labute approximate surface area is 195 Å². The monoisotopic (exact) mass is 460 g/mol. The highest BCUT2D eigenvalue weighted by molar-refractivity contribution is 6.31. The molecule has 0 aliphatic rings. The number of nitrogens with one attached hydrogen (secondary N) is 1. The number of carbonyl (C=O) groups excluding carboxylic acids is 2. The van der Waals surface area contributed by atoms with E-state index in [4.69, 9.17) is 21.1 Å². The lowest BCUT2D eigenvalue weighted by Crippen LogP contribution is -2.49. The summed E-state index contributed by atoms with van der Waals surface area (Å²) in [6, 6.07) is 14.1. The molecule has 0 spiro atoms. The van der Waals surface area contributed by atoms with Gasteiger partial charge in [0.05, 0.1) is 13.7 Å². The first-order valence-corrected chi connectivity index (χ1v) is 11.3. The van der Waals surface area contributed by atoms with Gasteiger partial charge in [0, 0.05) is 24.0 Å². The maximum absolute atomic E-state index is 13.1. The number of ether oxygens (including phenoxy) is 2. The van der Waals surface area contributed by atoms with Gasteiger partial charge in [-0.15, -0.1) is 0 Å². The summed E-state index contributed by atoms with van der Waals surface area (Å²) in [5, 5.41) is 3.53. The molecule has 32 heavy (non-hydrogen) atoms. The third-order valence-electron chi connectivity index (χ3n) is 5.33. The molecule has 2 rings (SSSR count). The molecule has 0 heterocycles. The zero-order chi connectivity index (χ0) is 23.5. The molecule has 2 atom stereocenters. The van der Waals surface area contributed by atoms with Crippen LogP contribution in [-0.4, -0.2) is 42.5 Å². The van der Waals surface area contributed by atoms with Crippen molar-refractivity contribution in [3.63, 3.8) is 0 Å². The highest BCUT2D eigenvalue weighted by atomic mass is 35.5. The van der Waals surface area contributed by atoms with Gasteiger partial charge in [-0.2, -0.15) is 0 Å². The molecule has 2 unspecified atom stereocenters. The minimum absolute atomic E-state index is 0.0418. The number of amides is 2. The van der Waals surface area contributed by atoms with Crippen LogP contribution in [0.25, 0.3) is 0 Å². The number of benzene rings is 2. The van der Waals surface area contributed by atoms with Gasteiger partial charge in [0.2, 0.25) is 11.8 Å². The second kappa shape index (κ2) is 13.0. The van der Waals surface area contributed by atoms with Crippen molar-refractivity contribution in [1.29, 1.82) is 0 Å². The number of nitrogens with zero attached hydrogens (tertiary/aromatic N) is 1. The van der Waals surface area contributed by atoms with Gasteiger partial charge in [0.1, 0.15) is 17.5 Å². The van der Waals surface area contributed by atoms with Crippen LogP contribution in [-0.2, 0) is 16.1 Å². The van der Waals surface area contributed by atoms with E-state index in [1.807, 2.05) is 56.3 Å². The Morgan fingerprint density at radius 3 is 2.34 bits per heavy atom. The number of halogens is 1. The quantitative estimate of drug-likeness (QED) is 0.460. The molecule has 1 N–H and O–H groups in total. The van der Waals surface area contributed by atoms with Crippen LogP contribution >= 0.6 is 11.6 Å². The molecule has 2 amide bonds. The normalized spacial score (nSPS) is 12.5. The standard InChI is InChI=1S/C25H33ClN2O4/c1-5-18(2)27-25(30)19(3)28(17-20-9-6-7-10-23(20)26)24(29)11-8-16-32-22-14-12-21(31-4)13-15-22/h6-7,9-10,12-15,18-19H,5,8,11,16-17H2,1-4H3,(H,27,30). The van der Waals surface area contributed by atoms with Gasteiger partial charge >= 0.3 is 0 Å². The van der Waals surface area contributed by atoms with Crippen LogP contribution in [0.1, 0.15) is 45.6 Å². The molecule has 0 radical (unpaired) electrons. The third-order valence-corrected chi connectivity index (χ3v) is 5.70. The summed E-state index contributed by atoms with van der Waals surface area (Å²) in [6.07, 6.45) is 1.62. The molecule has 2 aromatic carbocycles. The Hall–Kier alpha value is -2.73. The van der Waals surface area contributed by atoms with Crippen molar-refractivity contribution in [1.82, 2.24) is 10.2 Å². The van der Waals surface area contributed by atoms with Crippen LogP contribution in [0.15, 0.2) is 48.5 Å². The maximum Gasteiger partial charge on any atom is 0.242 e. The molecular formula is C25H33ClN2O4.